The van der Waals surface area contributed by atoms with Crippen molar-refractivity contribution in [2.75, 3.05) is 18.8 Å². The van der Waals surface area contributed by atoms with Crippen LogP contribution in [0.1, 0.15) is 27.6 Å². The lowest BCUT2D eigenvalue weighted by molar-refractivity contribution is -0.118. The van der Waals surface area contributed by atoms with Gasteiger partial charge in [0, 0.05) is 20.0 Å². The van der Waals surface area contributed by atoms with Crippen molar-refractivity contribution < 1.29 is 19.2 Å². The molecule has 0 radical (unpaired) electrons. The normalized spacial score (nSPS) is 13.3. The number of rotatable bonds is 5. The Morgan fingerprint density at radius 2 is 1.71 bits per heavy atom. The van der Waals surface area contributed by atoms with Gasteiger partial charge in [-0.2, -0.15) is 0 Å². The van der Waals surface area contributed by atoms with Crippen molar-refractivity contribution in [3.8, 4) is 0 Å². The van der Waals surface area contributed by atoms with Crippen molar-refractivity contribution in [1.29, 1.82) is 0 Å². The highest BCUT2D eigenvalue weighted by molar-refractivity contribution is 8.14. The monoisotopic (exact) mass is 306 g/mol. The van der Waals surface area contributed by atoms with Crippen LogP contribution in [0.2, 0.25) is 0 Å². The molecule has 21 heavy (non-hydrogen) atoms. The molecule has 7 heteroatoms. The molecule has 0 aromatic heterocycles. The van der Waals surface area contributed by atoms with E-state index in [1.165, 1.54) is 6.92 Å². The average molecular weight is 306 g/mol. The van der Waals surface area contributed by atoms with E-state index in [4.69, 9.17) is 0 Å². The van der Waals surface area contributed by atoms with Crippen molar-refractivity contribution in [2.24, 2.45) is 0 Å². The third-order valence-corrected chi connectivity index (χ3v) is 3.76. The molecule has 1 aromatic rings. The van der Waals surface area contributed by atoms with Gasteiger partial charge in [0.2, 0.25) is 5.91 Å². The van der Waals surface area contributed by atoms with Gasteiger partial charge >= 0.3 is 0 Å². The molecular formula is C14H14N2O4S. The number of benzene rings is 1. The van der Waals surface area contributed by atoms with E-state index in [0.717, 1.165) is 16.7 Å². The molecule has 1 aliphatic rings. The van der Waals surface area contributed by atoms with Gasteiger partial charge < -0.3 is 5.32 Å². The van der Waals surface area contributed by atoms with E-state index in [2.05, 4.69) is 5.32 Å². The number of hydrogen-bond donors (Lipinski definition) is 1. The van der Waals surface area contributed by atoms with Crippen LogP contribution < -0.4 is 5.32 Å². The average Bonchev–Trinajstić information content (AvgIpc) is 2.70. The summed E-state index contributed by atoms with van der Waals surface area (Å²) < 4.78 is 0. The molecular weight excluding hydrogens is 292 g/mol. The maximum absolute atomic E-state index is 12.0. The number of hydrogen-bond acceptors (Lipinski definition) is 5. The summed E-state index contributed by atoms with van der Waals surface area (Å²) in [7, 11) is 0. The van der Waals surface area contributed by atoms with Gasteiger partial charge in [0.15, 0.2) is 5.12 Å². The quantitative estimate of drug-likeness (QED) is 0.809. The van der Waals surface area contributed by atoms with Crippen LogP contribution in [0, 0.1) is 0 Å². The molecule has 0 saturated carbocycles. The molecule has 110 valence electrons. The Kier molecular flexibility index (Phi) is 4.74. The first kappa shape index (κ1) is 15.2. The zero-order chi connectivity index (χ0) is 15.4. The van der Waals surface area contributed by atoms with Gasteiger partial charge in [0.25, 0.3) is 11.8 Å². The Hall–Kier alpha value is -2.15. The van der Waals surface area contributed by atoms with Gasteiger partial charge in [0.05, 0.1) is 16.9 Å². The zero-order valence-electron chi connectivity index (χ0n) is 11.4. The van der Waals surface area contributed by atoms with E-state index < -0.39 is 0 Å². The van der Waals surface area contributed by atoms with Crippen LogP contribution in [0.25, 0.3) is 0 Å². The maximum atomic E-state index is 12.0. The Balaban J connectivity index is 1.85. The molecule has 1 N–H and O–H groups in total. The van der Waals surface area contributed by atoms with Crippen LogP contribution in [0.15, 0.2) is 24.3 Å². The van der Waals surface area contributed by atoms with Gasteiger partial charge in [-0.15, -0.1) is 0 Å². The summed E-state index contributed by atoms with van der Waals surface area (Å²) in [6.45, 7) is 1.67. The fourth-order valence-corrected chi connectivity index (χ4v) is 2.40. The Bertz CT molecular complexity index is 580. The van der Waals surface area contributed by atoms with Crippen LogP contribution in [0.3, 0.4) is 0 Å². The smallest absolute Gasteiger partial charge is 0.261 e. The lowest BCUT2D eigenvalue weighted by atomic mass is 10.1. The fourth-order valence-electron chi connectivity index (χ4n) is 1.97. The number of nitrogens with one attached hydrogen (secondary N) is 1. The topological polar surface area (TPSA) is 83.6 Å². The third-order valence-electron chi connectivity index (χ3n) is 2.94. The molecule has 0 fully saturated rings. The summed E-state index contributed by atoms with van der Waals surface area (Å²) in [6, 6.07) is 6.62. The van der Waals surface area contributed by atoms with E-state index in [1.54, 1.807) is 24.3 Å². The summed E-state index contributed by atoms with van der Waals surface area (Å²) in [4.78, 5) is 47.4. The van der Waals surface area contributed by atoms with Gasteiger partial charge in [-0.25, -0.2) is 0 Å². The molecule has 0 aliphatic carbocycles. The zero-order valence-corrected chi connectivity index (χ0v) is 12.2. The summed E-state index contributed by atoms with van der Waals surface area (Å²) in [5.74, 6) is -0.949. The Morgan fingerprint density at radius 3 is 2.24 bits per heavy atom. The molecule has 1 heterocycles. The molecule has 0 unspecified atom stereocenters. The van der Waals surface area contributed by atoms with Crippen molar-refractivity contribution in [3.63, 3.8) is 0 Å². The van der Waals surface area contributed by atoms with Crippen molar-refractivity contribution in [2.45, 2.75) is 6.92 Å². The van der Waals surface area contributed by atoms with Crippen LogP contribution in [0.5, 0.6) is 0 Å². The Labute approximate surface area is 125 Å². The number of amides is 3. The van der Waals surface area contributed by atoms with E-state index >= 15 is 0 Å². The standard InChI is InChI=1S/C14H14N2O4S/c1-9(17)21-8-12(18)15-6-7-16-13(19)10-4-2-3-5-11(10)14(16)20/h2-5H,6-8H2,1H3,(H,15,18). The summed E-state index contributed by atoms with van der Waals surface area (Å²) in [5.41, 5.74) is 0.780. The lowest BCUT2D eigenvalue weighted by Crippen LogP contribution is -2.38. The summed E-state index contributed by atoms with van der Waals surface area (Å²) in [5, 5.41) is 2.44. The van der Waals surface area contributed by atoms with Gasteiger partial charge in [-0.1, -0.05) is 23.9 Å². The van der Waals surface area contributed by atoms with E-state index in [-0.39, 0.29) is 41.7 Å². The van der Waals surface area contributed by atoms with Gasteiger partial charge in [-0.3, -0.25) is 24.1 Å². The third kappa shape index (κ3) is 3.49. The number of imide groups is 1. The SMILES string of the molecule is CC(=O)SCC(=O)NCCN1C(=O)c2ccccc2C1=O. The molecule has 0 saturated heterocycles. The highest BCUT2D eigenvalue weighted by Gasteiger charge is 2.34. The summed E-state index contributed by atoms with van der Waals surface area (Å²) >= 11 is 0.915. The molecule has 0 atom stereocenters. The number of carbonyl (C=O) groups excluding carboxylic acids is 4. The largest absolute Gasteiger partial charge is 0.354 e. The predicted octanol–water partition coefficient (Wildman–Crippen LogP) is 0.678. The number of fused-ring (bicyclic) bond motifs is 1. The minimum absolute atomic E-state index is 0.0391. The van der Waals surface area contributed by atoms with E-state index in [0.29, 0.717) is 11.1 Å². The van der Waals surface area contributed by atoms with Gasteiger partial charge in [0.1, 0.15) is 0 Å². The molecule has 6 nitrogen and oxygen atoms in total. The van der Waals surface area contributed by atoms with E-state index in [1.807, 2.05) is 0 Å². The Morgan fingerprint density at radius 1 is 1.14 bits per heavy atom. The van der Waals surface area contributed by atoms with Crippen molar-refractivity contribution in [1.82, 2.24) is 10.2 Å². The predicted molar refractivity (Wildman–Crippen MR) is 78.0 cm³/mol. The highest BCUT2D eigenvalue weighted by Crippen LogP contribution is 2.21. The van der Waals surface area contributed by atoms with Gasteiger partial charge in [-0.05, 0) is 12.1 Å². The maximum Gasteiger partial charge on any atom is 0.261 e. The first-order valence-corrected chi connectivity index (χ1v) is 7.34. The second-order valence-corrected chi connectivity index (χ2v) is 5.59. The van der Waals surface area contributed by atoms with Crippen LogP contribution in [-0.4, -0.2) is 46.6 Å². The lowest BCUT2D eigenvalue weighted by Gasteiger charge is -2.14. The van der Waals surface area contributed by atoms with Crippen LogP contribution >= 0.6 is 11.8 Å². The number of nitrogens with zero attached hydrogens (tertiary/aromatic N) is 1. The number of carbonyl (C=O) groups is 4. The number of thioether (sulfide) groups is 1. The first-order chi connectivity index (χ1) is 10.0. The fraction of sp³-hybridized carbons (Fsp3) is 0.286. The van der Waals surface area contributed by atoms with Crippen molar-refractivity contribution >= 4 is 34.6 Å². The molecule has 1 aromatic carbocycles. The van der Waals surface area contributed by atoms with E-state index in [9.17, 15) is 19.2 Å². The second kappa shape index (κ2) is 6.53. The molecule has 0 spiro atoms. The molecule has 2 rings (SSSR count). The van der Waals surface area contributed by atoms with Crippen molar-refractivity contribution in [3.05, 3.63) is 35.4 Å². The minimum Gasteiger partial charge on any atom is -0.354 e. The first-order valence-electron chi connectivity index (χ1n) is 6.36. The highest BCUT2D eigenvalue weighted by atomic mass is 32.2. The second-order valence-electron chi connectivity index (χ2n) is 4.44. The molecule has 1 aliphatic heterocycles. The summed E-state index contributed by atoms with van der Waals surface area (Å²) in [6.07, 6.45) is 0. The molecule has 0 bridgehead atoms. The van der Waals surface area contributed by atoms with Crippen LogP contribution in [0.4, 0.5) is 0 Å². The van der Waals surface area contributed by atoms with Crippen LogP contribution in [-0.2, 0) is 9.59 Å². The minimum atomic E-state index is -0.344. The molecule has 3 amide bonds.